The van der Waals surface area contributed by atoms with E-state index in [0.29, 0.717) is 11.1 Å². The Morgan fingerprint density at radius 3 is 1.81 bits per heavy atom. The Morgan fingerprint density at radius 1 is 0.889 bits per heavy atom. The van der Waals surface area contributed by atoms with Crippen molar-refractivity contribution in [2.75, 3.05) is 0 Å². The van der Waals surface area contributed by atoms with Crippen molar-refractivity contribution in [1.29, 1.82) is 0 Å². The van der Waals surface area contributed by atoms with E-state index in [0.717, 1.165) is 0 Å². The first-order valence-corrected chi connectivity index (χ1v) is 9.71. The predicted molar refractivity (Wildman–Crippen MR) is 106 cm³/mol. The number of carbonyl (C=O) groups is 2. The van der Waals surface area contributed by atoms with Crippen molar-refractivity contribution in [3.05, 3.63) is 71.8 Å². The number of alkyl halides is 1. The average molecular weight is 482 g/mol. The van der Waals surface area contributed by atoms with Crippen LogP contribution in [0.25, 0.3) is 0 Å². The number of hydrogen-bond donors (Lipinski definition) is 1. The van der Waals surface area contributed by atoms with Gasteiger partial charge in [-0.2, -0.15) is 0 Å². The Labute approximate surface area is 170 Å². The molecule has 0 spiro atoms. The van der Waals surface area contributed by atoms with E-state index < -0.39 is 30.4 Å². The molecule has 1 aliphatic heterocycles. The fourth-order valence-corrected chi connectivity index (χ4v) is 3.50. The van der Waals surface area contributed by atoms with E-state index in [-0.39, 0.29) is 10.0 Å². The van der Waals surface area contributed by atoms with Gasteiger partial charge in [-0.05, 0) is 31.2 Å². The summed E-state index contributed by atoms with van der Waals surface area (Å²) in [6.07, 6.45) is -3.78. The van der Waals surface area contributed by atoms with Crippen molar-refractivity contribution in [3.63, 3.8) is 0 Å². The number of carbonyl (C=O) groups excluding carboxylic acids is 2. The van der Waals surface area contributed by atoms with Crippen LogP contribution in [0.1, 0.15) is 27.6 Å². The number of rotatable bonds is 4. The lowest BCUT2D eigenvalue weighted by atomic mass is 10.0. The molecule has 1 saturated heterocycles. The van der Waals surface area contributed by atoms with Crippen LogP contribution in [-0.2, 0) is 14.2 Å². The van der Waals surface area contributed by atoms with Gasteiger partial charge in [0.15, 0.2) is 18.5 Å². The minimum absolute atomic E-state index is 0.313. The van der Waals surface area contributed by atoms with Crippen LogP contribution in [0.2, 0.25) is 0 Å². The van der Waals surface area contributed by atoms with Crippen molar-refractivity contribution in [1.82, 2.24) is 0 Å². The fraction of sp³-hybridized carbons (Fsp3) is 0.300. The summed E-state index contributed by atoms with van der Waals surface area (Å²) in [5.74, 6) is -1.17. The van der Waals surface area contributed by atoms with Gasteiger partial charge in [-0.3, -0.25) is 0 Å². The van der Waals surface area contributed by atoms with E-state index >= 15 is 0 Å². The highest BCUT2D eigenvalue weighted by Gasteiger charge is 2.47. The molecule has 0 amide bonds. The molecule has 142 valence electrons. The van der Waals surface area contributed by atoms with Crippen molar-refractivity contribution in [2.45, 2.75) is 35.5 Å². The normalized spacial score (nSPS) is 27.6. The van der Waals surface area contributed by atoms with Crippen LogP contribution in [0.5, 0.6) is 0 Å². The number of ether oxygens (including phenoxy) is 3. The summed E-state index contributed by atoms with van der Waals surface area (Å²) in [6.45, 7) is 1.76. The van der Waals surface area contributed by atoms with Gasteiger partial charge in [0.2, 0.25) is 0 Å². The van der Waals surface area contributed by atoms with Gasteiger partial charge in [0.1, 0.15) is 0 Å². The van der Waals surface area contributed by atoms with Gasteiger partial charge >= 0.3 is 11.9 Å². The smallest absolute Gasteiger partial charge is 0.338 e. The molecule has 2 aromatic rings. The van der Waals surface area contributed by atoms with Crippen LogP contribution in [0.3, 0.4) is 0 Å². The van der Waals surface area contributed by atoms with Gasteiger partial charge in [0.25, 0.3) is 0 Å². The zero-order valence-corrected chi connectivity index (χ0v) is 16.7. The minimum Gasteiger partial charge on any atom is -0.453 e. The van der Waals surface area contributed by atoms with Crippen LogP contribution in [0, 0.1) is 0 Å². The standard InChI is InChI=1S/C20H19IO6/c1-12-15(21)16(26-18(22)13-8-4-2-5-9-13)17(20(24)25-12)27-19(23)14-10-6-3-7-11-14/h2-12,15-17,20,24H,1H3/t12?,15-,16-,17?,20+/m0/s1. The largest absolute Gasteiger partial charge is 0.453 e. The second kappa shape index (κ2) is 8.81. The van der Waals surface area contributed by atoms with E-state index in [9.17, 15) is 14.7 Å². The molecule has 2 unspecified atom stereocenters. The zero-order chi connectivity index (χ0) is 19.4. The van der Waals surface area contributed by atoms with Gasteiger partial charge in [0.05, 0.1) is 21.2 Å². The quantitative estimate of drug-likeness (QED) is 0.410. The molecule has 1 heterocycles. The monoisotopic (exact) mass is 482 g/mol. The first-order valence-electron chi connectivity index (χ1n) is 8.47. The van der Waals surface area contributed by atoms with Gasteiger partial charge in [-0.25, -0.2) is 9.59 Å². The Bertz CT molecular complexity index is 782. The Kier molecular flexibility index (Phi) is 6.46. The molecule has 2 aromatic carbocycles. The summed E-state index contributed by atoms with van der Waals surface area (Å²) in [5, 5.41) is 10.3. The molecule has 0 saturated carbocycles. The Morgan fingerprint density at radius 2 is 1.33 bits per heavy atom. The molecule has 1 N–H and O–H groups in total. The van der Waals surface area contributed by atoms with Crippen molar-refractivity contribution in [2.24, 2.45) is 0 Å². The number of benzene rings is 2. The van der Waals surface area contributed by atoms with Gasteiger partial charge < -0.3 is 19.3 Å². The highest BCUT2D eigenvalue weighted by atomic mass is 127. The lowest BCUT2D eigenvalue weighted by Crippen LogP contribution is -2.57. The molecule has 0 bridgehead atoms. The number of aliphatic hydroxyl groups is 1. The summed E-state index contributed by atoms with van der Waals surface area (Å²) >= 11 is 2.08. The first-order chi connectivity index (χ1) is 13.0. The first kappa shape index (κ1) is 19.8. The maximum Gasteiger partial charge on any atom is 0.338 e. The van der Waals surface area contributed by atoms with Crippen LogP contribution in [0.15, 0.2) is 60.7 Å². The molecule has 5 atom stereocenters. The van der Waals surface area contributed by atoms with Crippen molar-refractivity contribution < 1.29 is 28.9 Å². The van der Waals surface area contributed by atoms with Crippen LogP contribution in [0.4, 0.5) is 0 Å². The summed E-state index contributed by atoms with van der Waals surface area (Å²) in [4.78, 5) is 24.9. The molecular weight excluding hydrogens is 463 g/mol. The molecule has 0 radical (unpaired) electrons. The van der Waals surface area contributed by atoms with Gasteiger partial charge in [-0.15, -0.1) is 0 Å². The third-order valence-electron chi connectivity index (χ3n) is 4.23. The third kappa shape index (κ3) is 4.66. The van der Waals surface area contributed by atoms with Gasteiger partial charge in [0, 0.05) is 0 Å². The summed E-state index contributed by atoms with van der Waals surface area (Å²) < 4.78 is 16.2. The SMILES string of the molecule is CC1O[C@@H](O)C(OC(=O)c2ccccc2)[C@@H](OC(=O)c2ccccc2)[C@H]1I. The highest BCUT2D eigenvalue weighted by Crippen LogP contribution is 2.31. The number of esters is 2. The summed E-state index contributed by atoms with van der Waals surface area (Å²) in [7, 11) is 0. The molecule has 1 fully saturated rings. The zero-order valence-electron chi connectivity index (χ0n) is 14.5. The molecule has 27 heavy (non-hydrogen) atoms. The molecule has 0 aromatic heterocycles. The van der Waals surface area contributed by atoms with E-state index in [4.69, 9.17) is 14.2 Å². The predicted octanol–water partition coefficient (Wildman–Crippen LogP) is 2.98. The fourth-order valence-electron chi connectivity index (χ4n) is 2.77. The lowest BCUT2D eigenvalue weighted by molar-refractivity contribution is -0.237. The average Bonchev–Trinajstić information content (AvgIpc) is 2.69. The molecule has 1 aliphatic rings. The number of halogens is 1. The van der Waals surface area contributed by atoms with Gasteiger partial charge in [-0.1, -0.05) is 59.0 Å². The van der Waals surface area contributed by atoms with E-state index in [1.54, 1.807) is 67.6 Å². The molecule has 7 heteroatoms. The Balaban J connectivity index is 1.80. The maximum absolute atomic E-state index is 12.5. The number of hydrogen-bond acceptors (Lipinski definition) is 6. The third-order valence-corrected chi connectivity index (χ3v) is 5.95. The molecular formula is C20H19IO6. The second-order valence-corrected chi connectivity index (χ2v) is 7.59. The molecule has 3 rings (SSSR count). The molecule has 6 nitrogen and oxygen atoms in total. The highest BCUT2D eigenvalue weighted by molar-refractivity contribution is 14.1. The van der Waals surface area contributed by atoms with E-state index in [1.165, 1.54) is 0 Å². The minimum atomic E-state index is -1.40. The summed E-state index contributed by atoms with van der Waals surface area (Å²) in [5.41, 5.74) is 0.712. The lowest BCUT2D eigenvalue weighted by Gasteiger charge is -2.40. The van der Waals surface area contributed by atoms with Crippen LogP contribution < -0.4 is 0 Å². The summed E-state index contributed by atoms with van der Waals surface area (Å²) in [6, 6.07) is 16.9. The topological polar surface area (TPSA) is 82.1 Å². The molecule has 0 aliphatic carbocycles. The van der Waals surface area contributed by atoms with Crippen molar-refractivity contribution in [3.8, 4) is 0 Å². The van der Waals surface area contributed by atoms with Crippen LogP contribution >= 0.6 is 22.6 Å². The maximum atomic E-state index is 12.5. The van der Waals surface area contributed by atoms with E-state index in [2.05, 4.69) is 22.6 Å². The van der Waals surface area contributed by atoms with Crippen LogP contribution in [-0.4, -0.2) is 45.6 Å². The van der Waals surface area contributed by atoms with E-state index in [1.807, 2.05) is 0 Å². The number of aliphatic hydroxyl groups excluding tert-OH is 1. The second-order valence-electron chi connectivity index (χ2n) is 6.15. The van der Waals surface area contributed by atoms with Crippen molar-refractivity contribution >= 4 is 34.5 Å². The Hall–Kier alpha value is -1.97.